The molecule has 3 aromatic rings. The Balaban J connectivity index is 1.32. The fourth-order valence-electron chi connectivity index (χ4n) is 3.38. The van der Waals surface area contributed by atoms with Crippen LogP contribution in [-0.4, -0.2) is 27.6 Å². The minimum atomic E-state index is -0.226. The molecule has 0 saturated carbocycles. The Labute approximate surface area is 208 Å². The molecule has 0 atom stereocenters. The van der Waals surface area contributed by atoms with E-state index in [1.54, 1.807) is 17.0 Å². The molecule has 1 N–H and O–H groups in total. The van der Waals surface area contributed by atoms with Crippen LogP contribution in [0.4, 0.5) is 5.69 Å². The number of thiocarbonyl (C=S) groups is 1. The average molecular weight is 489 g/mol. The number of nitrogens with zero attached hydrogens (tertiary/aromatic N) is 1. The number of benzene rings is 3. The van der Waals surface area contributed by atoms with E-state index in [2.05, 4.69) is 12.2 Å². The van der Waals surface area contributed by atoms with Gasteiger partial charge in [-0.05, 0) is 53.5 Å². The molecule has 1 fully saturated rings. The van der Waals surface area contributed by atoms with Gasteiger partial charge in [-0.1, -0.05) is 85.5 Å². The summed E-state index contributed by atoms with van der Waals surface area (Å²) < 4.78 is 6.15. The van der Waals surface area contributed by atoms with Gasteiger partial charge in [0.05, 0.1) is 11.4 Å². The summed E-state index contributed by atoms with van der Waals surface area (Å²) in [6.07, 6.45) is 2.77. The molecule has 2 amide bonds. The maximum Gasteiger partial charge on any atom is 0.266 e. The Bertz CT molecular complexity index is 1210. The Kier molecular flexibility index (Phi) is 7.77. The van der Waals surface area contributed by atoms with Crippen molar-refractivity contribution < 1.29 is 14.3 Å². The second kappa shape index (κ2) is 11.1. The van der Waals surface area contributed by atoms with Gasteiger partial charge in [0.2, 0.25) is 0 Å². The number of hydrogen-bond donors (Lipinski definition) is 1. The highest BCUT2D eigenvalue weighted by Gasteiger charge is 2.31. The largest absolute Gasteiger partial charge is 0.484 e. The lowest BCUT2D eigenvalue weighted by Gasteiger charge is -2.14. The number of carbonyl (C=O) groups is 2. The van der Waals surface area contributed by atoms with Crippen molar-refractivity contribution in [2.45, 2.75) is 19.9 Å². The monoisotopic (exact) mass is 488 g/mol. The number of thioether (sulfide) groups is 1. The summed E-state index contributed by atoms with van der Waals surface area (Å²) in [5.74, 6) is 0.253. The van der Waals surface area contributed by atoms with Crippen LogP contribution in [0.1, 0.15) is 23.6 Å². The van der Waals surface area contributed by atoms with Gasteiger partial charge in [-0.15, -0.1) is 0 Å². The van der Waals surface area contributed by atoms with E-state index in [1.807, 2.05) is 72.8 Å². The summed E-state index contributed by atoms with van der Waals surface area (Å²) in [7, 11) is 0. The summed E-state index contributed by atoms with van der Waals surface area (Å²) in [6.45, 7) is 2.45. The summed E-state index contributed by atoms with van der Waals surface area (Å²) in [6, 6.07) is 24.8. The molecule has 0 unspecified atom stereocenters. The van der Waals surface area contributed by atoms with Crippen molar-refractivity contribution in [3.63, 3.8) is 0 Å². The third-order valence-corrected chi connectivity index (χ3v) is 6.63. The number of rotatable bonds is 8. The lowest BCUT2D eigenvalue weighted by atomic mass is 10.1. The van der Waals surface area contributed by atoms with Crippen LogP contribution >= 0.6 is 24.0 Å². The molecule has 1 aliphatic rings. The first-order valence-corrected chi connectivity index (χ1v) is 12.2. The third-order valence-electron chi connectivity index (χ3n) is 5.25. The van der Waals surface area contributed by atoms with Crippen molar-refractivity contribution in [3.8, 4) is 5.75 Å². The van der Waals surface area contributed by atoms with E-state index in [-0.39, 0.29) is 18.4 Å². The average Bonchev–Trinajstić information content (AvgIpc) is 3.12. The Hall–Kier alpha value is -3.42. The maximum atomic E-state index is 12.8. The summed E-state index contributed by atoms with van der Waals surface area (Å²) in [5.41, 5.74) is 3.84. The normalized spacial score (nSPS) is 14.5. The Morgan fingerprint density at radius 1 is 1.00 bits per heavy atom. The maximum absolute atomic E-state index is 12.8. The van der Waals surface area contributed by atoms with Gasteiger partial charge in [-0.2, -0.15) is 0 Å². The van der Waals surface area contributed by atoms with Crippen LogP contribution in [0.25, 0.3) is 6.08 Å². The van der Waals surface area contributed by atoms with E-state index >= 15 is 0 Å². The lowest BCUT2D eigenvalue weighted by Crippen LogP contribution is -2.27. The van der Waals surface area contributed by atoms with Crippen molar-refractivity contribution in [1.29, 1.82) is 0 Å². The van der Waals surface area contributed by atoms with Crippen molar-refractivity contribution in [3.05, 3.63) is 100 Å². The third kappa shape index (κ3) is 6.12. The smallest absolute Gasteiger partial charge is 0.266 e. The highest BCUT2D eigenvalue weighted by molar-refractivity contribution is 8.26. The minimum absolute atomic E-state index is 0.0903. The molecule has 1 aliphatic heterocycles. The fraction of sp³-hybridized carbons (Fsp3) is 0.148. The first-order valence-electron chi connectivity index (χ1n) is 10.9. The molecule has 1 heterocycles. The standard InChI is InChI=1S/C27H24N2O3S2/c1-2-19-8-12-22(13-9-19)28-25(30)18-32-23-14-10-20(11-15-23)16-24-26(31)29(27(33)34-24)17-21-6-4-3-5-7-21/h3-16H,2,17-18H2,1H3,(H,28,30)/b24-16-. The highest BCUT2D eigenvalue weighted by atomic mass is 32.2. The second-order valence-electron chi connectivity index (χ2n) is 7.71. The van der Waals surface area contributed by atoms with E-state index in [9.17, 15) is 9.59 Å². The lowest BCUT2D eigenvalue weighted by molar-refractivity contribution is -0.122. The SMILES string of the molecule is CCc1ccc(NC(=O)COc2ccc(/C=C3\SC(=S)N(Cc4ccccc4)C3=O)cc2)cc1. The van der Waals surface area contributed by atoms with Crippen molar-refractivity contribution in [2.75, 3.05) is 11.9 Å². The molecule has 0 aliphatic carbocycles. The zero-order chi connectivity index (χ0) is 23.9. The van der Waals surface area contributed by atoms with Crippen LogP contribution in [0.5, 0.6) is 5.75 Å². The van der Waals surface area contributed by atoms with Crippen LogP contribution in [0, 0.1) is 0 Å². The van der Waals surface area contributed by atoms with Crippen LogP contribution < -0.4 is 10.1 Å². The van der Waals surface area contributed by atoms with Gasteiger partial charge >= 0.3 is 0 Å². The summed E-state index contributed by atoms with van der Waals surface area (Å²) >= 11 is 6.72. The van der Waals surface area contributed by atoms with Gasteiger partial charge in [0.25, 0.3) is 11.8 Å². The molecule has 0 aromatic heterocycles. The van der Waals surface area contributed by atoms with Gasteiger partial charge in [0, 0.05) is 5.69 Å². The number of carbonyl (C=O) groups excluding carboxylic acids is 2. The van der Waals surface area contributed by atoms with E-state index in [4.69, 9.17) is 17.0 Å². The van der Waals surface area contributed by atoms with Crippen LogP contribution in [-0.2, 0) is 22.6 Å². The Morgan fingerprint density at radius 2 is 1.71 bits per heavy atom. The van der Waals surface area contributed by atoms with Crippen LogP contribution in [0.2, 0.25) is 0 Å². The van der Waals surface area contributed by atoms with Gasteiger partial charge in [0.15, 0.2) is 6.61 Å². The molecule has 0 spiro atoms. The fourth-order valence-corrected chi connectivity index (χ4v) is 4.64. The molecule has 0 bridgehead atoms. The predicted molar refractivity (Wildman–Crippen MR) is 142 cm³/mol. The molecule has 5 nitrogen and oxygen atoms in total. The number of ether oxygens (including phenoxy) is 1. The first-order chi connectivity index (χ1) is 16.5. The van der Waals surface area contributed by atoms with E-state index in [0.29, 0.717) is 21.5 Å². The van der Waals surface area contributed by atoms with Crippen molar-refractivity contribution in [1.82, 2.24) is 4.90 Å². The minimum Gasteiger partial charge on any atom is -0.484 e. The molecule has 0 radical (unpaired) electrons. The van der Waals surface area contributed by atoms with Crippen LogP contribution in [0.3, 0.4) is 0 Å². The van der Waals surface area contributed by atoms with Crippen LogP contribution in [0.15, 0.2) is 83.8 Å². The summed E-state index contributed by atoms with van der Waals surface area (Å²) in [4.78, 5) is 27.2. The second-order valence-corrected chi connectivity index (χ2v) is 9.39. The topological polar surface area (TPSA) is 58.6 Å². The van der Waals surface area contributed by atoms with Gasteiger partial charge in [-0.25, -0.2) is 0 Å². The number of anilines is 1. The van der Waals surface area contributed by atoms with Crippen molar-refractivity contribution in [2.24, 2.45) is 0 Å². The first kappa shape index (κ1) is 23.7. The predicted octanol–water partition coefficient (Wildman–Crippen LogP) is 5.67. The summed E-state index contributed by atoms with van der Waals surface area (Å²) in [5, 5.41) is 2.82. The molecule has 172 valence electrons. The molecule has 3 aromatic carbocycles. The van der Waals surface area contributed by atoms with Gasteiger partial charge < -0.3 is 10.1 Å². The molecule has 7 heteroatoms. The number of aryl methyl sites for hydroxylation is 1. The number of nitrogens with one attached hydrogen (secondary N) is 1. The van der Waals surface area contributed by atoms with Gasteiger partial charge in [0.1, 0.15) is 10.1 Å². The molecule has 1 saturated heterocycles. The zero-order valence-corrected chi connectivity index (χ0v) is 20.3. The highest BCUT2D eigenvalue weighted by Crippen LogP contribution is 2.33. The zero-order valence-electron chi connectivity index (χ0n) is 18.7. The van der Waals surface area contributed by atoms with E-state index in [0.717, 1.165) is 23.2 Å². The molecule has 4 rings (SSSR count). The van der Waals surface area contributed by atoms with Gasteiger partial charge in [-0.3, -0.25) is 14.5 Å². The van der Waals surface area contributed by atoms with Crippen molar-refractivity contribution >= 4 is 51.9 Å². The quantitative estimate of drug-likeness (QED) is 0.327. The number of hydrogen-bond acceptors (Lipinski definition) is 5. The number of amides is 2. The molecular formula is C27H24N2O3S2. The molecular weight excluding hydrogens is 464 g/mol. The Morgan fingerprint density at radius 3 is 2.38 bits per heavy atom. The van der Waals surface area contributed by atoms with E-state index in [1.165, 1.54) is 17.3 Å². The molecule has 34 heavy (non-hydrogen) atoms. The van der Waals surface area contributed by atoms with E-state index < -0.39 is 0 Å².